The zero-order valence-electron chi connectivity index (χ0n) is 9.39. The van der Waals surface area contributed by atoms with Crippen molar-refractivity contribution in [1.82, 2.24) is 0 Å². The Morgan fingerprint density at radius 3 is 1.94 bits per heavy atom. The van der Waals surface area contributed by atoms with E-state index in [4.69, 9.17) is 55.9 Å². The molecule has 1 aromatic carbocycles. The lowest BCUT2D eigenvalue weighted by Crippen LogP contribution is -2.39. The lowest BCUT2D eigenvalue weighted by Gasteiger charge is -2.28. The Morgan fingerprint density at radius 1 is 0.944 bits per heavy atom. The molecule has 0 saturated carbocycles. The maximum absolute atomic E-state index is 11.7. The Morgan fingerprint density at radius 2 is 1.44 bits per heavy atom. The van der Waals surface area contributed by atoms with Gasteiger partial charge in [-0.1, -0.05) is 60.3 Å². The topological polar surface area (TPSA) is 35.5 Å². The quantitative estimate of drug-likeness (QED) is 0.326. The molecule has 0 N–H and O–H groups in total. The predicted molar refractivity (Wildman–Crippen MR) is 71.4 cm³/mol. The van der Waals surface area contributed by atoms with Crippen LogP contribution >= 0.6 is 46.4 Å². The van der Waals surface area contributed by atoms with Crippen LogP contribution in [0.5, 0.6) is 11.5 Å². The van der Waals surface area contributed by atoms with Crippen LogP contribution in [0.4, 0.5) is 0 Å². The lowest BCUT2D eigenvalue weighted by atomic mass is 10.1. The number of ether oxygens (including phenoxy) is 2. The van der Waals surface area contributed by atoms with Gasteiger partial charge in [0.15, 0.2) is 17.6 Å². The summed E-state index contributed by atoms with van der Waals surface area (Å²) in [5, 5.41) is 0.194. The van der Waals surface area contributed by atoms with Crippen molar-refractivity contribution in [3.63, 3.8) is 0 Å². The molecular formula is C11H8Cl4O3. The van der Waals surface area contributed by atoms with E-state index in [9.17, 15) is 4.79 Å². The first-order valence-corrected chi connectivity index (χ1v) is 6.60. The number of carbonyl (C=O) groups is 1. The monoisotopic (exact) mass is 328 g/mol. The fourth-order valence-corrected chi connectivity index (χ4v) is 2.43. The van der Waals surface area contributed by atoms with Crippen LogP contribution in [0.2, 0.25) is 20.1 Å². The molecule has 98 valence electrons. The van der Waals surface area contributed by atoms with Gasteiger partial charge in [0, 0.05) is 5.92 Å². The van der Waals surface area contributed by atoms with Gasteiger partial charge in [-0.15, -0.1) is 0 Å². The number of hydrogen-bond acceptors (Lipinski definition) is 3. The first-order chi connectivity index (χ1) is 8.34. The molecule has 0 aliphatic carbocycles. The molecule has 0 spiro atoms. The fourth-order valence-electron chi connectivity index (χ4n) is 1.53. The van der Waals surface area contributed by atoms with E-state index >= 15 is 0 Å². The number of hydrogen-bond donors (Lipinski definition) is 0. The van der Waals surface area contributed by atoms with Crippen LogP contribution in [0.25, 0.3) is 0 Å². The van der Waals surface area contributed by atoms with E-state index in [2.05, 4.69) is 0 Å². The summed E-state index contributed by atoms with van der Waals surface area (Å²) >= 11 is 23.7. The van der Waals surface area contributed by atoms with E-state index < -0.39 is 12.1 Å². The van der Waals surface area contributed by atoms with Crippen LogP contribution in [0.3, 0.4) is 0 Å². The van der Waals surface area contributed by atoms with Gasteiger partial charge in [0.1, 0.15) is 10.0 Å². The molecular weight excluding hydrogens is 322 g/mol. The number of rotatable bonds is 1. The van der Waals surface area contributed by atoms with E-state index in [0.29, 0.717) is 0 Å². The second kappa shape index (κ2) is 4.97. The summed E-state index contributed by atoms with van der Waals surface area (Å²) in [7, 11) is 0. The third kappa shape index (κ3) is 2.14. The largest absolute Gasteiger partial charge is 0.473 e. The maximum Gasteiger partial charge on any atom is 0.353 e. The van der Waals surface area contributed by atoms with E-state index in [1.807, 2.05) is 13.8 Å². The molecule has 1 aliphatic heterocycles. The lowest BCUT2D eigenvalue weighted by molar-refractivity contribution is -0.147. The van der Waals surface area contributed by atoms with Crippen LogP contribution in [0.15, 0.2) is 0 Å². The second-order valence-corrected chi connectivity index (χ2v) is 5.63. The van der Waals surface area contributed by atoms with Gasteiger partial charge in [-0.25, -0.2) is 4.79 Å². The SMILES string of the molecule is CC(C)[C@H]1Oc2c(Cl)c(Cl)c(Cl)c(Cl)c2OC1=O. The van der Waals surface area contributed by atoms with Crippen molar-refractivity contribution < 1.29 is 14.3 Å². The minimum absolute atomic E-state index is 0.0108. The molecule has 0 saturated heterocycles. The molecule has 2 rings (SSSR count). The Bertz CT molecular complexity index is 528. The summed E-state index contributed by atoms with van der Waals surface area (Å²) in [5.74, 6) is -0.448. The van der Waals surface area contributed by atoms with Crippen LogP contribution in [-0.4, -0.2) is 12.1 Å². The van der Waals surface area contributed by atoms with Gasteiger partial charge in [-0.2, -0.15) is 0 Å². The average Bonchev–Trinajstić information content (AvgIpc) is 2.33. The standard InChI is InChI=1S/C11H8Cl4O3/c1-3(2)8-11(16)18-10-7(15)5(13)4(12)6(14)9(10)17-8/h3,8H,1-2H3/t8-/m1/s1. The number of halogens is 4. The summed E-state index contributed by atoms with van der Waals surface area (Å²) in [6.07, 6.45) is -0.747. The molecule has 7 heteroatoms. The maximum atomic E-state index is 11.7. The number of carbonyl (C=O) groups excluding carboxylic acids is 1. The molecule has 3 nitrogen and oxygen atoms in total. The molecule has 0 unspecified atom stereocenters. The van der Waals surface area contributed by atoms with Crippen LogP contribution in [-0.2, 0) is 4.79 Å². The normalized spacial score (nSPS) is 18.4. The Balaban J connectivity index is 2.60. The molecule has 0 bridgehead atoms. The van der Waals surface area contributed by atoms with Gasteiger partial charge in [0.2, 0.25) is 0 Å². The summed E-state index contributed by atoms with van der Waals surface area (Å²) in [6, 6.07) is 0. The molecule has 0 amide bonds. The first kappa shape index (κ1) is 14.1. The average molecular weight is 330 g/mol. The van der Waals surface area contributed by atoms with Crippen molar-refractivity contribution in [3.8, 4) is 11.5 Å². The Labute approximate surface area is 124 Å². The van der Waals surface area contributed by atoms with E-state index in [-0.39, 0.29) is 37.5 Å². The highest BCUT2D eigenvalue weighted by Crippen LogP contribution is 2.52. The van der Waals surface area contributed by atoms with Crippen LogP contribution in [0.1, 0.15) is 13.8 Å². The van der Waals surface area contributed by atoms with Gasteiger partial charge in [0.25, 0.3) is 0 Å². The molecule has 0 fully saturated rings. The van der Waals surface area contributed by atoms with Gasteiger partial charge in [0.05, 0.1) is 10.0 Å². The zero-order chi connectivity index (χ0) is 13.6. The Kier molecular flexibility index (Phi) is 3.88. The Hall–Kier alpha value is -0.350. The molecule has 1 heterocycles. The van der Waals surface area contributed by atoms with Gasteiger partial charge >= 0.3 is 5.97 Å². The first-order valence-electron chi connectivity index (χ1n) is 5.08. The smallest absolute Gasteiger partial charge is 0.353 e. The van der Waals surface area contributed by atoms with E-state index in [0.717, 1.165) is 0 Å². The second-order valence-electron chi connectivity index (χ2n) is 4.12. The highest BCUT2D eigenvalue weighted by Gasteiger charge is 2.37. The van der Waals surface area contributed by atoms with E-state index in [1.165, 1.54) is 0 Å². The molecule has 0 aromatic heterocycles. The number of fused-ring (bicyclic) bond motifs is 1. The molecule has 1 atom stereocenters. The molecule has 18 heavy (non-hydrogen) atoms. The molecule has 0 radical (unpaired) electrons. The van der Waals surface area contributed by atoms with E-state index in [1.54, 1.807) is 0 Å². The minimum atomic E-state index is -0.747. The van der Waals surface area contributed by atoms with Crippen molar-refractivity contribution in [2.24, 2.45) is 5.92 Å². The third-order valence-corrected chi connectivity index (χ3v) is 4.24. The zero-order valence-corrected chi connectivity index (χ0v) is 12.4. The van der Waals surface area contributed by atoms with Crippen molar-refractivity contribution in [1.29, 1.82) is 0 Å². The molecule has 1 aliphatic rings. The van der Waals surface area contributed by atoms with Crippen molar-refractivity contribution in [2.75, 3.05) is 0 Å². The summed E-state index contributed by atoms with van der Waals surface area (Å²) in [5.41, 5.74) is 0. The third-order valence-electron chi connectivity index (χ3n) is 2.47. The predicted octanol–water partition coefficient (Wildman–Crippen LogP) is 4.62. The molecule has 1 aromatic rings. The highest BCUT2D eigenvalue weighted by atomic mass is 35.5. The number of esters is 1. The van der Waals surface area contributed by atoms with Gasteiger partial charge in [-0.3, -0.25) is 0 Å². The van der Waals surface area contributed by atoms with Gasteiger partial charge in [-0.05, 0) is 0 Å². The van der Waals surface area contributed by atoms with Crippen LogP contribution in [0, 0.1) is 5.92 Å². The van der Waals surface area contributed by atoms with Crippen molar-refractivity contribution >= 4 is 52.4 Å². The van der Waals surface area contributed by atoms with Gasteiger partial charge < -0.3 is 9.47 Å². The van der Waals surface area contributed by atoms with Crippen LogP contribution < -0.4 is 9.47 Å². The highest BCUT2D eigenvalue weighted by molar-refractivity contribution is 6.53. The van der Waals surface area contributed by atoms with Crippen molar-refractivity contribution in [2.45, 2.75) is 20.0 Å². The minimum Gasteiger partial charge on any atom is -0.473 e. The van der Waals surface area contributed by atoms with Crippen molar-refractivity contribution in [3.05, 3.63) is 20.1 Å². The summed E-state index contributed by atoms with van der Waals surface area (Å²) < 4.78 is 10.6. The fraction of sp³-hybridized carbons (Fsp3) is 0.364. The summed E-state index contributed by atoms with van der Waals surface area (Å²) in [4.78, 5) is 11.7. The summed E-state index contributed by atoms with van der Waals surface area (Å²) in [6.45, 7) is 3.65. The number of benzene rings is 1.